The molecule has 1 saturated carbocycles. The van der Waals surface area contributed by atoms with Gasteiger partial charge in [-0.25, -0.2) is 4.79 Å². The van der Waals surface area contributed by atoms with Crippen LogP contribution >= 0.6 is 11.6 Å². The highest BCUT2D eigenvalue weighted by atomic mass is 35.5. The molecule has 0 radical (unpaired) electrons. The van der Waals surface area contributed by atoms with Crippen LogP contribution in [0.5, 0.6) is 11.5 Å². The molecule has 1 amide bonds. The number of amides is 1. The van der Waals surface area contributed by atoms with Crippen LogP contribution < -0.4 is 14.8 Å². The van der Waals surface area contributed by atoms with Gasteiger partial charge < -0.3 is 19.5 Å². The van der Waals surface area contributed by atoms with E-state index in [9.17, 15) is 9.59 Å². The average molecular weight is 396 g/mol. The maximum Gasteiger partial charge on any atom is 0.331 e. The minimum absolute atomic E-state index is 0.183. The van der Waals surface area contributed by atoms with Crippen LogP contribution in [0, 0.1) is 0 Å². The summed E-state index contributed by atoms with van der Waals surface area (Å²) in [5.41, 5.74) is 0.650. The van der Waals surface area contributed by atoms with Crippen molar-refractivity contribution >= 4 is 29.6 Å². The van der Waals surface area contributed by atoms with Gasteiger partial charge in [-0.05, 0) is 36.6 Å². The van der Waals surface area contributed by atoms with Gasteiger partial charge in [0.1, 0.15) is 0 Å². The topological polar surface area (TPSA) is 73.9 Å². The second kappa shape index (κ2) is 10.8. The Morgan fingerprint density at radius 2 is 1.85 bits per heavy atom. The molecular formula is C20H26ClNO5. The summed E-state index contributed by atoms with van der Waals surface area (Å²) in [6.45, 7) is -0.285. The minimum Gasteiger partial charge on any atom is -0.493 e. The Hall–Kier alpha value is -2.21. The van der Waals surface area contributed by atoms with Gasteiger partial charge in [0.15, 0.2) is 18.1 Å². The second-order valence-corrected chi connectivity index (χ2v) is 6.84. The van der Waals surface area contributed by atoms with Crippen molar-refractivity contribution in [3.8, 4) is 11.5 Å². The lowest BCUT2D eigenvalue weighted by Crippen LogP contribution is -2.37. The van der Waals surface area contributed by atoms with Crippen LogP contribution in [0.3, 0.4) is 0 Å². The van der Waals surface area contributed by atoms with E-state index in [1.54, 1.807) is 18.2 Å². The van der Waals surface area contributed by atoms with E-state index >= 15 is 0 Å². The van der Waals surface area contributed by atoms with Gasteiger partial charge in [-0.15, -0.1) is 0 Å². The quantitative estimate of drug-likeness (QED) is 0.432. The summed E-state index contributed by atoms with van der Waals surface area (Å²) in [7, 11) is 3.00. The SMILES string of the molecule is COc1cc(/C=C/C(=O)OCC(=O)NC2CCCCCC2)cc(Cl)c1OC. The Kier molecular flexibility index (Phi) is 8.45. The molecule has 1 fully saturated rings. The number of carbonyl (C=O) groups is 2. The molecule has 0 saturated heterocycles. The highest BCUT2D eigenvalue weighted by Gasteiger charge is 2.15. The van der Waals surface area contributed by atoms with E-state index < -0.39 is 5.97 Å². The van der Waals surface area contributed by atoms with Gasteiger partial charge >= 0.3 is 5.97 Å². The third-order valence-electron chi connectivity index (χ3n) is 4.43. The number of carbonyl (C=O) groups excluding carboxylic acids is 2. The van der Waals surface area contributed by atoms with Crippen molar-refractivity contribution in [2.75, 3.05) is 20.8 Å². The summed E-state index contributed by atoms with van der Waals surface area (Å²) in [4.78, 5) is 23.8. The summed E-state index contributed by atoms with van der Waals surface area (Å²) in [5, 5.41) is 3.30. The van der Waals surface area contributed by atoms with Crippen molar-refractivity contribution in [1.29, 1.82) is 0 Å². The van der Waals surface area contributed by atoms with E-state index in [2.05, 4.69) is 5.32 Å². The lowest BCUT2D eigenvalue weighted by molar-refractivity contribution is -0.144. The molecule has 0 aliphatic heterocycles. The van der Waals surface area contributed by atoms with Gasteiger partial charge in [0.25, 0.3) is 5.91 Å². The van der Waals surface area contributed by atoms with Crippen molar-refractivity contribution in [3.63, 3.8) is 0 Å². The Bertz CT molecular complexity index is 681. The number of esters is 1. The Morgan fingerprint density at radius 3 is 2.48 bits per heavy atom. The van der Waals surface area contributed by atoms with Gasteiger partial charge in [0.2, 0.25) is 0 Å². The van der Waals surface area contributed by atoms with E-state index in [1.165, 1.54) is 33.1 Å². The molecule has 1 aromatic rings. The van der Waals surface area contributed by atoms with Crippen molar-refractivity contribution in [1.82, 2.24) is 5.32 Å². The minimum atomic E-state index is -0.600. The molecular weight excluding hydrogens is 370 g/mol. The Labute approximate surface area is 164 Å². The van der Waals surface area contributed by atoms with Crippen LogP contribution in [0.15, 0.2) is 18.2 Å². The summed E-state index contributed by atoms with van der Waals surface area (Å²) in [6.07, 6.45) is 9.44. The number of hydrogen-bond donors (Lipinski definition) is 1. The third kappa shape index (κ3) is 6.79. The van der Waals surface area contributed by atoms with Crippen LogP contribution in [-0.4, -0.2) is 38.7 Å². The number of benzene rings is 1. The number of rotatable bonds is 7. The fraction of sp³-hybridized carbons (Fsp3) is 0.500. The predicted molar refractivity (Wildman–Crippen MR) is 104 cm³/mol. The molecule has 0 unspecified atom stereocenters. The average Bonchev–Trinajstić information content (AvgIpc) is 2.92. The molecule has 6 nitrogen and oxygen atoms in total. The lowest BCUT2D eigenvalue weighted by atomic mass is 10.1. The fourth-order valence-electron chi connectivity index (χ4n) is 3.08. The lowest BCUT2D eigenvalue weighted by Gasteiger charge is -2.15. The van der Waals surface area contributed by atoms with Crippen molar-refractivity contribution in [2.45, 2.75) is 44.6 Å². The van der Waals surface area contributed by atoms with Gasteiger partial charge in [0, 0.05) is 12.1 Å². The van der Waals surface area contributed by atoms with Crippen molar-refractivity contribution < 1.29 is 23.8 Å². The molecule has 0 aromatic heterocycles. The number of hydrogen-bond acceptors (Lipinski definition) is 5. The van der Waals surface area contributed by atoms with Gasteiger partial charge in [-0.2, -0.15) is 0 Å². The monoisotopic (exact) mass is 395 g/mol. The smallest absolute Gasteiger partial charge is 0.331 e. The molecule has 0 spiro atoms. The summed E-state index contributed by atoms with van der Waals surface area (Å²) < 4.78 is 15.4. The first kappa shape index (κ1) is 21.1. The number of halogens is 1. The van der Waals surface area contributed by atoms with Gasteiger partial charge in [-0.1, -0.05) is 37.3 Å². The van der Waals surface area contributed by atoms with Crippen LogP contribution in [0.1, 0.15) is 44.1 Å². The van der Waals surface area contributed by atoms with Crippen LogP contribution in [0.2, 0.25) is 5.02 Å². The molecule has 1 aliphatic carbocycles. The predicted octanol–water partition coefficient (Wildman–Crippen LogP) is 3.75. The summed E-state index contributed by atoms with van der Waals surface area (Å²) in [5.74, 6) is 0.0182. The molecule has 0 atom stereocenters. The molecule has 27 heavy (non-hydrogen) atoms. The molecule has 0 bridgehead atoms. The van der Waals surface area contributed by atoms with Gasteiger partial charge in [0.05, 0.1) is 19.2 Å². The molecule has 7 heteroatoms. The van der Waals surface area contributed by atoms with Gasteiger partial charge in [-0.3, -0.25) is 4.79 Å². The van der Waals surface area contributed by atoms with Crippen LogP contribution in [-0.2, 0) is 14.3 Å². The molecule has 0 heterocycles. The number of methoxy groups -OCH3 is 2. The van der Waals surface area contributed by atoms with E-state index in [4.69, 9.17) is 25.8 Å². The molecule has 148 valence electrons. The third-order valence-corrected chi connectivity index (χ3v) is 4.71. The van der Waals surface area contributed by atoms with E-state index in [1.807, 2.05) is 0 Å². The molecule has 2 rings (SSSR count). The first-order valence-corrected chi connectivity index (χ1v) is 9.47. The highest BCUT2D eigenvalue weighted by Crippen LogP contribution is 2.36. The Morgan fingerprint density at radius 1 is 1.15 bits per heavy atom. The van der Waals surface area contributed by atoms with Crippen LogP contribution in [0.4, 0.5) is 0 Å². The number of ether oxygens (including phenoxy) is 3. The zero-order chi connectivity index (χ0) is 19.6. The normalized spacial score (nSPS) is 15.2. The van der Waals surface area contributed by atoms with E-state index in [0.717, 1.165) is 25.7 Å². The number of nitrogens with one attached hydrogen (secondary N) is 1. The van der Waals surface area contributed by atoms with Crippen molar-refractivity contribution in [2.24, 2.45) is 0 Å². The molecule has 1 aromatic carbocycles. The highest BCUT2D eigenvalue weighted by molar-refractivity contribution is 6.32. The largest absolute Gasteiger partial charge is 0.493 e. The molecule has 1 N–H and O–H groups in total. The standard InChI is InChI=1S/C20H26ClNO5/c1-25-17-12-14(11-16(21)20(17)26-2)9-10-19(24)27-13-18(23)22-15-7-5-3-4-6-8-15/h9-12,15H,3-8,13H2,1-2H3,(H,22,23)/b10-9+. The summed E-state index contributed by atoms with van der Waals surface area (Å²) >= 11 is 6.13. The fourth-order valence-corrected chi connectivity index (χ4v) is 3.37. The maximum atomic E-state index is 11.9. The molecule has 1 aliphatic rings. The van der Waals surface area contributed by atoms with E-state index in [0.29, 0.717) is 22.1 Å². The Balaban J connectivity index is 1.84. The van der Waals surface area contributed by atoms with E-state index in [-0.39, 0.29) is 18.6 Å². The zero-order valence-corrected chi connectivity index (χ0v) is 16.5. The summed E-state index contributed by atoms with van der Waals surface area (Å²) in [6, 6.07) is 3.52. The first-order chi connectivity index (χ1) is 13.0. The first-order valence-electron chi connectivity index (χ1n) is 9.09. The van der Waals surface area contributed by atoms with Crippen LogP contribution in [0.25, 0.3) is 6.08 Å². The second-order valence-electron chi connectivity index (χ2n) is 6.44. The maximum absolute atomic E-state index is 11.9. The van der Waals surface area contributed by atoms with Crippen molar-refractivity contribution in [3.05, 3.63) is 28.8 Å². The zero-order valence-electron chi connectivity index (χ0n) is 15.8.